The highest BCUT2D eigenvalue weighted by Crippen LogP contribution is 2.40. The van der Waals surface area contributed by atoms with Crippen molar-refractivity contribution in [3.05, 3.63) is 72.3 Å². The number of amides is 2. The molecule has 12 heteroatoms. The number of rotatable bonds is 20. The summed E-state index contributed by atoms with van der Waals surface area (Å²) in [4.78, 5) is 104. The number of likely N-dealkylation sites (tertiary alicyclic amines) is 1. The first kappa shape index (κ1) is 40.9. The number of hydrogen-bond acceptors (Lipinski definition) is 9. The second-order valence-corrected chi connectivity index (χ2v) is 15.1. The van der Waals surface area contributed by atoms with Gasteiger partial charge in [-0.05, 0) is 48.5 Å². The smallest absolute Gasteiger partial charge is 0.307 e. The molecule has 3 unspecified atom stereocenters. The van der Waals surface area contributed by atoms with Gasteiger partial charge in [0.15, 0.2) is 17.3 Å². The maximum absolute atomic E-state index is 14.4. The molecule has 1 aliphatic carbocycles. The minimum atomic E-state index is -1.18. The number of nitrogens with one attached hydrogen (secondary N) is 1. The second kappa shape index (κ2) is 18.8. The number of hydrogen-bond donors (Lipinski definition) is 2. The number of aliphatic carboxylic acids is 1. The van der Waals surface area contributed by atoms with E-state index in [2.05, 4.69) is 15.3 Å². The van der Waals surface area contributed by atoms with Crippen LogP contribution in [0.15, 0.2) is 61.1 Å². The SMILES string of the molecule is CCCC(CC(=O)C1[C@H]2CC=CC2CN1C(=O)[C@@H](NC(=O)[C@H](CC(=O)c1cnccn1)C(C)C)C(C)C)C(=O)C(=O)C[C@@H](Cc1ccccc1)C(=O)O. The largest absolute Gasteiger partial charge is 0.481 e. The zero-order valence-corrected chi connectivity index (χ0v) is 31.3. The average molecular weight is 729 g/mol. The maximum Gasteiger partial charge on any atom is 0.307 e. The molecule has 1 saturated heterocycles. The predicted octanol–water partition coefficient (Wildman–Crippen LogP) is 4.71. The normalized spacial score (nSPS) is 20.1. The van der Waals surface area contributed by atoms with Crippen molar-refractivity contribution in [1.29, 1.82) is 0 Å². The summed E-state index contributed by atoms with van der Waals surface area (Å²) in [5.41, 5.74) is 0.883. The molecule has 4 rings (SSSR count). The van der Waals surface area contributed by atoms with Crippen LogP contribution in [0, 0.1) is 41.4 Å². The van der Waals surface area contributed by atoms with Gasteiger partial charge in [0.1, 0.15) is 11.7 Å². The molecule has 2 aromatic rings. The van der Waals surface area contributed by atoms with Crippen molar-refractivity contribution >= 4 is 40.9 Å². The van der Waals surface area contributed by atoms with Crippen molar-refractivity contribution in [2.24, 2.45) is 41.4 Å². The molecule has 1 aliphatic heterocycles. The van der Waals surface area contributed by atoms with E-state index in [1.54, 1.807) is 44.2 Å². The number of nitrogens with zero attached hydrogens (tertiary/aromatic N) is 3. The van der Waals surface area contributed by atoms with Crippen LogP contribution in [0.2, 0.25) is 0 Å². The topological polar surface area (TPSA) is 181 Å². The molecule has 2 amide bonds. The lowest BCUT2D eigenvalue weighted by Crippen LogP contribution is -2.56. The number of benzene rings is 1. The molecule has 7 atom stereocenters. The Balaban J connectivity index is 1.50. The van der Waals surface area contributed by atoms with Crippen molar-refractivity contribution in [2.75, 3.05) is 6.54 Å². The molecule has 1 aromatic carbocycles. The molecular weight excluding hydrogens is 676 g/mol. The van der Waals surface area contributed by atoms with Crippen molar-refractivity contribution in [3.8, 4) is 0 Å². The number of allylic oxidation sites excluding steroid dienone is 1. The minimum absolute atomic E-state index is 0.0827. The van der Waals surface area contributed by atoms with E-state index >= 15 is 0 Å². The summed E-state index contributed by atoms with van der Waals surface area (Å²) in [6, 6.07) is 7.03. The molecular formula is C41H52N4O8. The van der Waals surface area contributed by atoms with Gasteiger partial charge in [0.25, 0.3) is 0 Å². The highest BCUT2D eigenvalue weighted by molar-refractivity contribution is 6.38. The van der Waals surface area contributed by atoms with Crippen molar-refractivity contribution in [1.82, 2.24) is 20.2 Å². The van der Waals surface area contributed by atoms with E-state index < -0.39 is 65.6 Å². The van der Waals surface area contributed by atoms with Gasteiger partial charge < -0.3 is 15.3 Å². The Bertz CT molecular complexity index is 1670. The Kier molecular flexibility index (Phi) is 14.5. The summed E-state index contributed by atoms with van der Waals surface area (Å²) in [6.07, 6.45) is 8.76. The van der Waals surface area contributed by atoms with Crippen LogP contribution in [0.25, 0.3) is 0 Å². The van der Waals surface area contributed by atoms with Gasteiger partial charge in [-0.3, -0.25) is 38.5 Å². The van der Waals surface area contributed by atoms with Crippen LogP contribution in [0.3, 0.4) is 0 Å². The third-order valence-electron chi connectivity index (χ3n) is 10.6. The summed E-state index contributed by atoms with van der Waals surface area (Å²) in [6.45, 7) is 9.36. The Hall–Kier alpha value is -4.87. The summed E-state index contributed by atoms with van der Waals surface area (Å²) in [7, 11) is 0. The third-order valence-corrected chi connectivity index (χ3v) is 10.6. The number of fused-ring (bicyclic) bond motifs is 1. The van der Waals surface area contributed by atoms with Gasteiger partial charge in [0, 0.05) is 50.0 Å². The van der Waals surface area contributed by atoms with Crippen LogP contribution in [-0.2, 0) is 35.2 Å². The molecule has 2 N–H and O–H groups in total. The van der Waals surface area contributed by atoms with Gasteiger partial charge in [0.2, 0.25) is 17.6 Å². The molecule has 1 fully saturated rings. The average Bonchev–Trinajstić information content (AvgIpc) is 3.74. The maximum atomic E-state index is 14.4. The summed E-state index contributed by atoms with van der Waals surface area (Å²) in [5.74, 6) is -7.98. The lowest BCUT2D eigenvalue weighted by Gasteiger charge is -2.33. The summed E-state index contributed by atoms with van der Waals surface area (Å²) < 4.78 is 0. The first-order chi connectivity index (χ1) is 25.2. The molecule has 0 saturated carbocycles. The minimum Gasteiger partial charge on any atom is -0.481 e. The van der Waals surface area contributed by atoms with E-state index in [0.717, 1.165) is 5.56 Å². The number of carboxylic acids is 1. The van der Waals surface area contributed by atoms with Gasteiger partial charge in [-0.15, -0.1) is 0 Å². The fraction of sp³-hybridized carbons (Fsp3) is 0.537. The lowest BCUT2D eigenvalue weighted by atomic mass is 9.82. The highest BCUT2D eigenvalue weighted by atomic mass is 16.4. The van der Waals surface area contributed by atoms with Crippen LogP contribution < -0.4 is 5.32 Å². The quantitative estimate of drug-likeness (QED) is 0.110. The molecule has 0 bridgehead atoms. The molecule has 12 nitrogen and oxygen atoms in total. The van der Waals surface area contributed by atoms with Crippen LogP contribution in [0.1, 0.15) is 89.2 Å². The van der Waals surface area contributed by atoms with Gasteiger partial charge in [-0.25, -0.2) is 4.98 Å². The Morgan fingerprint density at radius 1 is 0.925 bits per heavy atom. The Morgan fingerprint density at radius 2 is 1.64 bits per heavy atom. The first-order valence-corrected chi connectivity index (χ1v) is 18.7. The van der Waals surface area contributed by atoms with Gasteiger partial charge in [-0.2, -0.15) is 0 Å². The van der Waals surface area contributed by atoms with Crippen LogP contribution in [0.4, 0.5) is 0 Å². The number of ketones is 4. The second-order valence-electron chi connectivity index (χ2n) is 15.1. The number of aromatic nitrogens is 2. The number of Topliss-reactive ketones (excluding diaryl/α,β-unsaturated/α-hetero) is 4. The Labute approximate surface area is 311 Å². The fourth-order valence-corrected chi connectivity index (χ4v) is 7.57. The van der Waals surface area contributed by atoms with Gasteiger partial charge >= 0.3 is 5.97 Å². The van der Waals surface area contributed by atoms with Crippen LogP contribution in [0.5, 0.6) is 0 Å². The van der Waals surface area contributed by atoms with Crippen molar-refractivity contribution < 1.29 is 38.7 Å². The third kappa shape index (κ3) is 10.4. The summed E-state index contributed by atoms with van der Waals surface area (Å²) in [5, 5.41) is 12.7. The van der Waals surface area contributed by atoms with E-state index in [9.17, 15) is 38.7 Å². The number of carbonyl (C=O) groups excluding carboxylic acids is 6. The van der Waals surface area contributed by atoms with E-state index in [4.69, 9.17) is 0 Å². The summed E-state index contributed by atoms with van der Waals surface area (Å²) >= 11 is 0. The molecule has 0 spiro atoms. The molecule has 2 aliphatic rings. The zero-order valence-electron chi connectivity index (χ0n) is 31.3. The van der Waals surface area contributed by atoms with E-state index in [-0.39, 0.29) is 73.2 Å². The first-order valence-electron chi connectivity index (χ1n) is 18.7. The monoisotopic (exact) mass is 728 g/mol. The van der Waals surface area contributed by atoms with Gasteiger partial charge in [0.05, 0.1) is 18.2 Å². The van der Waals surface area contributed by atoms with Crippen molar-refractivity contribution in [3.63, 3.8) is 0 Å². The molecule has 1 aromatic heterocycles. The van der Waals surface area contributed by atoms with E-state index in [1.165, 1.54) is 23.5 Å². The molecule has 0 radical (unpaired) electrons. The van der Waals surface area contributed by atoms with Crippen LogP contribution in [-0.4, -0.2) is 79.5 Å². The molecule has 53 heavy (non-hydrogen) atoms. The highest BCUT2D eigenvalue weighted by Gasteiger charge is 2.50. The van der Waals surface area contributed by atoms with E-state index in [1.807, 2.05) is 32.9 Å². The standard InChI is InChI=1S/C41H52N4O8/c1-6-11-27(38(49)35(48)20-29(41(52)53)18-26-12-8-7-9-13-26)19-34(47)37-30-15-10-14-28(30)23-45(37)40(51)36(25(4)5)44-39(50)31(24(2)3)21-33(46)32-22-42-16-17-43-32/h7-10,12-14,16-17,22,24-25,27-31,36-37H,6,11,15,18-21,23H2,1-5H3,(H,44,50)(H,52,53)/t27?,28?,29-,30+,31-,36+,37?/m1/s1. The van der Waals surface area contributed by atoms with Crippen LogP contribution >= 0.6 is 0 Å². The predicted molar refractivity (Wildman–Crippen MR) is 196 cm³/mol. The van der Waals surface area contributed by atoms with Crippen molar-refractivity contribution in [2.45, 2.75) is 91.6 Å². The zero-order chi connectivity index (χ0) is 38.8. The Morgan fingerprint density at radius 3 is 2.25 bits per heavy atom. The number of carboxylic acid groups (broad SMARTS) is 1. The van der Waals surface area contributed by atoms with Gasteiger partial charge in [-0.1, -0.05) is 83.5 Å². The fourth-order valence-electron chi connectivity index (χ4n) is 7.57. The van der Waals surface area contributed by atoms with E-state index in [0.29, 0.717) is 12.8 Å². The number of carbonyl (C=O) groups is 7. The molecule has 284 valence electrons. The lowest BCUT2D eigenvalue weighted by molar-refractivity contribution is -0.147. The molecule has 2 heterocycles.